The molecule has 0 saturated carbocycles. The van der Waals surface area contributed by atoms with Gasteiger partial charge >= 0.3 is 0 Å². The fourth-order valence-electron chi connectivity index (χ4n) is 1.04. The van der Waals surface area contributed by atoms with Crippen molar-refractivity contribution in [3.63, 3.8) is 0 Å². The Morgan fingerprint density at radius 3 is 2.30 bits per heavy atom. The largest absolute Gasteiger partial charge is 0.306 e. The third-order valence-electron chi connectivity index (χ3n) is 1.85. The van der Waals surface area contributed by atoms with Gasteiger partial charge in [-0.3, -0.25) is 0 Å². The first-order valence-corrected chi connectivity index (χ1v) is 4.00. The van der Waals surface area contributed by atoms with Crippen LogP contribution in [0.25, 0.3) is 0 Å². The average molecular weight is 141 g/mol. The van der Waals surface area contributed by atoms with Crippen LogP contribution in [0.3, 0.4) is 0 Å². The van der Waals surface area contributed by atoms with E-state index in [9.17, 15) is 0 Å². The second-order valence-electron chi connectivity index (χ2n) is 2.83. The molecular formula is C9H19N. The van der Waals surface area contributed by atoms with Gasteiger partial charge in [0.25, 0.3) is 0 Å². The van der Waals surface area contributed by atoms with E-state index in [2.05, 4.69) is 45.0 Å². The highest BCUT2D eigenvalue weighted by atomic mass is 15.1. The van der Waals surface area contributed by atoms with Gasteiger partial charge in [0.1, 0.15) is 0 Å². The maximum absolute atomic E-state index is 2.28. The molecule has 0 spiro atoms. The summed E-state index contributed by atoms with van der Waals surface area (Å²) in [5.41, 5.74) is 0. The van der Waals surface area contributed by atoms with Crippen molar-refractivity contribution in [1.82, 2.24) is 4.90 Å². The smallest absolute Gasteiger partial charge is 0.0121 e. The summed E-state index contributed by atoms with van der Waals surface area (Å²) < 4.78 is 0. The molecule has 10 heavy (non-hydrogen) atoms. The predicted molar refractivity (Wildman–Crippen MR) is 47.2 cm³/mol. The molecule has 1 nitrogen and oxygen atoms in total. The normalized spacial score (nSPS) is 14.9. The van der Waals surface area contributed by atoms with Crippen LogP contribution in [0, 0.1) is 0 Å². The Hall–Kier alpha value is -0.300. The summed E-state index contributed by atoms with van der Waals surface area (Å²) in [6.07, 6.45) is 6.76. The molecule has 0 aliphatic heterocycles. The minimum absolute atomic E-state index is 0.719. The molecule has 0 fully saturated rings. The molecular weight excluding hydrogens is 122 g/mol. The SMILES string of the molecule is C/C=C/CC(CC)N(C)C. The van der Waals surface area contributed by atoms with Gasteiger partial charge in [-0.15, -0.1) is 0 Å². The van der Waals surface area contributed by atoms with E-state index in [1.165, 1.54) is 12.8 Å². The third kappa shape index (κ3) is 3.67. The zero-order chi connectivity index (χ0) is 7.98. The summed E-state index contributed by atoms with van der Waals surface area (Å²) in [5.74, 6) is 0. The molecule has 0 aromatic heterocycles. The van der Waals surface area contributed by atoms with Gasteiger partial charge in [-0.2, -0.15) is 0 Å². The Bertz CT molecular complexity index is 94.9. The molecule has 1 atom stereocenters. The van der Waals surface area contributed by atoms with Crippen LogP contribution in [0.4, 0.5) is 0 Å². The van der Waals surface area contributed by atoms with Crippen LogP contribution in [0.1, 0.15) is 26.7 Å². The minimum Gasteiger partial charge on any atom is -0.306 e. The lowest BCUT2D eigenvalue weighted by Gasteiger charge is -2.20. The van der Waals surface area contributed by atoms with Gasteiger partial charge in [0, 0.05) is 6.04 Å². The van der Waals surface area contributed by atoms with E-state index < -0.39 is 0 Å². The van der Waals surface area contributed by atoms with Crippen molar-refractivity contribution in [2.24, 2.45) is 0 Å². The third-order valence-corrected chi connectivity index (χ3v) is 1.85. The Morgan fingerprint density at radius 2 is 2.00 bits per heavy atom. The molecule has 0 N–H and O–H groups in total. The Morgan fingerprint density at radius 1 is 1.40 bits per heavy atom. The molecule has 60 valence electrons. The van der Waals surface area contributed by atoms with E-state index in [-0.39, 0.29) is 0 Å². The van der Waals surface area contributed by atoms with Crippen molar-refractivity contribution in [3.8, 4) is 0 Å². The number of allylic oxidation sites excluding steroid dienone is 1. The quantitative estimate of drug-likeness (QED) is 0.543. The summed E-state index contributed by atoms with van der Waals surface area (Å²) in [5, 5.41) is 0. The van der Waals surface area contributed by atoms with Crippen molar-refractivity contribution < 1.29 is 0 Å². The van der Waals surface area contributed by atoms with Crippen LogP contribution >= 0.6 is 0 Å². The Balaban J connectivity index is 3.60. The summed E-state index contributed by atoms with van der Waals surface area (Å²) >= 11 is 0. The lowest BCUT2D eigenvalue weighted by Crippen LogP contribution is -2.26. The number of rotatable bonds is 4. The number of hydrogen-bond donors (Lipinski definition) is 0. The van der Waals surface area contributed by atoms with E-state index in [4.69, 9.17) is 0 Å². The highest BCUT2D eigenvalue weighted by Gasteiger charge is 2.04. The molecule has 0 aliphatic carbocycles. The highest BCUT2D eigenvalue weighted by Crippen LogP contribution is 2.04. The first kappa shape index (κ1) is 9.70. The molecule has 0 bridgehead atoms. The van der Waals surface area contributed by atoms with Crippen molar-refractivity contribution in [1.29, 1.82) is 0 Å². The van der Waals surface area contributed by atoms with Crippen LogP contribution in [0.5, 0.6) is 0 Å². The van der Waals surface area contributed by atoms with Gasteiger partial charge in [-0.25, -0.2) is 0 Å². The maximum atomic E-state index is 2.28. The second-order valence-corrected chi connectivity index (χ2v) is 2.83. The van der Waals surface area contributed by atoms with Crippen molar-refractivity contribution in [3.05, 3.63) is 12.2 Å². The van der Waals surface area contributed by atoms with Crippen LogP contribution in [-0.4, -0.2) is 25.0 Å². The molecule has 0 amide bonds. The fourth-order valence-corrected chi connectivity index (χ4v) is 1.04. The van der Waals surface area contributed by atoms with Gasteiger partial charge in [-0.1, -0.05) is 19.1 Å². The Kier molecular flexibility index (Phi) is 5.32. The molecule has 0 aliphatic rings. The van der Waals surface area contributed by atoms with Gasteiger partial charge in [-0.05, 0) is 33.9 Å². The van der Waals surface area contributed by atoms with Crippen LogP contribution in [-0.2, 0) is 0 Å². The predicted octanol–water partition coefficient (Wildman–Crippen LogP) is 2.29. The summed E-state index contributed by atoms with van der Waals surface area (Å²) in [7, 11) is 4.27. The summed E-state index contributed by atoms with van der Waals surface area (Å²) in [6, 6.07) is 0.719. The first-order valence-electron chi connectivity index (χ1n) is 4.00. The van der Waals surface area contributed by atoms with Gasteiger partial charge < -0.3 is 4.90 Å². The van der Waals surface area contributed by atoms with E-state index in [1.54, 1.807) is 0 Å². The van der Waals surface area contributed by atoms with Crippen LogP contribution in [0.15, 0.2) is 12.2 Å². The zero-order valence-electron chi connectivity index (χ0n) is 7.59. The van der Waals surface area contributed by atoms with E-state index in [1.807, 2.05) is 0 Å². The van der Waals surface area contributed by atoms with Crippen molar-refractivity contribution >= 4 is 0 Å². The van der Waals surface area contributed by atoms with E-state index in [0.717, 1.165) is 6.04 Å². The molecule has 1 unspecified atom stereocenters. The van der Waals surface area contributed by atoms with Crippen molar-refractivity contribution in [2.45, 2.75) is 32.7 Å². The highest BCUT2D eigenvalue weighted by molar-refractivity contribution is 4.82. The second kappa shape index (κ2) is 5.48. The maximum Gasteiger partial charge on any atom is 0.0121 e. The molecule has 0 saturated heterocycles. The standard InChI is InChI=1S/C9H19N/c1-5-7-8-9(6-2)10(3)4/h5,7,9H,6,8H2,1-4H3/b7-5+. The summed E-state index contributed by atoms with van der Waals surface area (Å²) in [6.45, 7) is 4.30. The topological polar surface area (TPSA) is 3.24 Å². The van der Waals surface area contributed by atoms with Gasteiger partial charge in [0.2, 0.25) is 0 Å². The molecule has 0 aromatic carbocycles. The first-order chi connectivity index (χ1) is 4.72. The monoisotopic (exact) mass is 141 g/mol. The molecule has 0 aromatic rings. The Labute approximate surface area is 64.7 Å². The zero-order valence-corrected chi connectivity index (χ0v) is 7.59. The van der Waals surface area contributed by atoms with E-state index >= 15 is 0 Å². The average Bonchev–Trinajstić information content (AvgIpc) is 1.89. The fraction of sp³-hybridized carbons (Fsp3) is 0.778. The van der Waals surface area contributed by atoms with Gasteiger partial charge in [0.15, 0.2) is 0 Å². The van der Waals surface area contributed by atoms with Crippen LogP contribution < -0.4 is 0 Å². The van der Waals surface area contributed by atoms with E-state index in [0.29, 0.717) is 0 Å². The number of nitrogens with zero attached hydrogens (tertiary/aromatic N) is 1. The molecule has 1 heteroatoms. The van der Waals surface area contributed by atoms with Crippen LogP contribution in [0.2, 0.25) is 0 Å². The van der Waals surface area contributed by atoms with Crippen molar-refractivity contribution in [2.75, 3.05) is 14.1 Å². The molecule has 0 rings (SSSR count). The lowest BCUT2D eigenvalue weighted by molar-refractivity contribution is 0.288. The lowest BCUT2D eigenvalue weighted by atomic mass is 10.1. The number of hydrogen-bond acceptors (Lipinski definition) is 1. The molecule has 0 heterocycles. The molecule has 0 radical (unpaired) electrons. The van der Waals surface area contributed by atoms with Gasteiger partial charge in [0.05, 0.1) is 0 Å². The summed E-state index contributed by atoms with van der Waals surface area (Å²) in [4.78, 5) is 2.28. The minimum atomic E-state index is 0.719.